The summed E-state index contributed by atoms with van der Waals surface area (Å²) in [6, 6.07) is 0.663. The first kappa shape index (κ1) is 15.8. The van der Waals surface area contributed by atoms with Gasteiger partial charge in [0.05, 0.1) is 12.2 Å². The fraction of sp³-hybridized carbons (Fsp3) is 0.733. The summed E-state index contributed by atoms with van der Waals surface area (Å²) in [5, 5.41) is 10.9. The summed E-state index contributed by atoms with van der Waals surface area (Å²) in [6.45, 7) is 5.98. The normalized spacial score (nSPS) is 14.3. The maximum Gasteiger partial charge on any atom is 0.239 e. The second-order valence-electron chi connectivity index (χ2n) is 5.87. The van der Waals surface area contributed by atoms with E-state index in [-0.39, 0.29) is 5.91 Å². The third-order valence-electron chi connectivity index (χ3n) is 3.77. The molecule has 1 aromatic heterocycles. The number of nitrogens with one attached hydrogen (secondary N) is 2. The number of rotatable bonds is 8. The molecule has 0 bridgehead atoms. The molecule has 21 heavy (non-hydrogen) atoms. The van der Waals surface area contributed by atoms with Gasteiger partial charge >= 0.3 is 0 Å². The second-order valence-corrected chi connectivity index (χ2v) is 5.87. The van der Waals surface area contributed by atoms with E-state index in [0.717, 1.165) is 31.0 Å². The van der Waals surface area contributed by atoms with Gasteiger partial charge in [0.1, 0.15) is 5.82 Å². The number of hydrogen-bond acceptors (Lipinski definition) is 4. The second kappa shape index (κ2) is 6.93. The maximum atomic E-state index is 11.9. The van der Waals surface area contributed by atoms with E-state index in [1.807, 2.05) is 30.6 Å². The molecule has 1 amide bonds. The van der Waals surface area contributed by atoms with Crippen molar-refractivity contribution in [2.75, 3.05) is 25.0 Å². The standard InChI is InChI=1S/C15H27N5O/c1-5-8-16-14(21)10-19(3)15-13(9-17-12-6-7-12)11(2)18-20(15)4/h12,17H,5-10H2,1-4H3,(H,16,21). The van der Waals surface area contributed by atoms with Gasteiger partial charge in [-0.2, -0.15) is 5.10 Å². The van der Waals surface area contributed by atoms with Crippen LogP contribution in [0.3, 0.4) is 0 Å². The third kappa shape index (κ3) is 4.20. The predicted octanol–water partition coefficient (Wildman–Crippen LogP) is 0.943. The Morgan fingerprint density at radius 2 is 2.19 bits per heavy atom. The maximum absolute atomic E-state index is 11.9. The van der Waals surface area contributed by atoms with Crippen LogP contribution in [0.15, 0.2) is 0 Å². The number of nitrogens with zero attached hydrogens (tertiary/aromatic N) is 3. The van der Waals surface area contributed by atoms with Crippen LogP contribution in [-0.4, -0.2) is 41.9 Å². The fourth-order valence-corrected chi connectivity index (χ4v) is 2.52. The molecule has 2 N–H and O–H groups in total. The highest BCUT2D eigenvalue weighted by Crippen LogP contribution is 2.25. The molecule has 118 valence electrons. The van der Waals surface area contributed by atoms with Gasteiger partial charge in [0, 0.05) is 38.8 Å². The molecule has 1 aliphatic carbocycles. The van der Waals surface area contributed by atoms with Gasteiger partial charge in [0.25, 0.3) is 0 Å². The number of hydrogen-bond donors (Lipinski definition) is 2. The van der Waals surface area contributed by atoms with Crippen molar-refractivity contribution in [3.05, 3.63) is 11.3 Å². The number of amides is 1. The summed E-state index contributed by atoms with van der Waals surface area (Å²) in [5.74, 6) is 1.08. The minimum absolute atomic E-state index is 0.0549. The Morgan fingerprint density at radius 1 is 1.48 bits per heavy atom. The number of carbonyl (C=O) groups is 1. The lowest BCUT2D eigenvalue weighted by atomic mass is 10.2. The Balaban J connectivity index is 2.03. The minimum atomic E-state index is 0.0549. The molecule has 1 saturated carbocycles. The zero-order valence-electron chi connectivity index (χ0n) is 13.6. The average molecular weight is 293 g/mol. The van der Waals surface area contributed by atoms with E-state index in [1.165, 1.54) is 18.4 Å². The van der Waals surface area contributed by atoms with Crippen LogP contribution >= 0.6 is 0 Å². The van der Waals surface area contributed by atoms with Crippen molar-refractivity contribution in [2.45, 2.75) is 45.7 Å². The third-order valence-corrected chi connectivity index (χ3v) is 3.77. The van der Waals surface area contributed by atoms with Crippen LogP contribution in [0.2, 0.25) is 0 Å². The largest absolute Gasteiger partial charge is 0.355 e. The van der Waals surface area contributed by atoms with E-state index in [2.05, 4.69) is 22.7 Å². The molecule has 0 unspecified atom stereocenters. The van der Waals surface area contributed by atoms with Crippen LogP contribution < -0.4 is 15.5 Å². The smallest absolute Gasteiger partial charge is 0.239 e. The number of aromatic nitrogens is 2. The lowest BCUT2D eigenvalue weighted by Crippen LogP contribution is -2.36. The Hall–Kier alpha value is -1.56. The van der Waals surface area contributed by atoms with Crippen LogP contribution in [0.25, 0.3) is 0 Å². The van der Waals surface area contributed by atoms with Crippen molar-refractivity contribution in [1.29, 1.82) is 0 Å². The zero-order chi connectivity index (χ0) is 15.4. The van der Waals surface area contributed by atoms with E-state index >= 15 is 0 Å². The molecule has 6 heteroatoms. The molecule has 0 atom stereocenters. The predicted molar refractivity (Wildman–Crippen MR) is 84.4 cm³/mol. The Morgan fingerprint density at radius 3 is 2.81 bits per heavy atom. The molecule has 6 nitrogen and oxygen atoms in total. The lowest BCUT2D eigenvalue weighted by Gasteiger charge is -2.20. The molecule has 1 fully saturated rings. The highest BCUT2D eigenvalue weighted by molar-refractivity contribution is 5.81. The molecule has 1 aromatic rings. The van der Waals surface area contributed by atoms with Gasteiger partial charge in [-0.25, -0.2) is 0 Å². The van der Waals surface area contributed by atoms with E-state index in [0.29, 0.717) is 12.6 Å². The van der Waals surface area contributed by atoms with Crippen LogP contribution in [-0.2, 0) is 18.4 Å². The van der Waals surface area contributed by atoms with Crippen molar-refractivity contribution < 1.29 is 4.79 Å². The van der Waals surface area contributed by atoms with Crippen LogP contribution in [0.1, 0.15) is 37.4 Å². The summed E-state index contributed by atoms with van der Waals surface area (Å²) in [4.78, 5) is 13.9. The highest BCUT2D eigenvalue weighted by atomic mass is 16.2. The molecular weight excluding hydrogens is 266 g/mol. The summed E-state index contributed by atoms with van der Waals surface area (Å²) in [7, 11) is 3.88. The summed E-state index contributed by atoms with van der Waals surface area (Å²) in [6.07, 6.45) is 3.49. The van der Waals surface area contributed by atoms with Crippen LogP contribution in [0.4, 0.5) is 5.82 Å². The SMILES string of the molecule is CCCNC(=O)CN(C)c1c(CNC2CC2)c(C)nn1C. The molecule has 1 aliphatic rings. The molecule has 0 aliphatic heterocycles. The molecule has 0 radical (unpaired) electrons. The van der Waals surface area contributed by atoms with Crippen molar-refractivity contribution in [2.24, 2.45) is 7.05 Å². The van der Waals surface area contributed by atoms with Crippen molar-refractivity contribution in [1.82, 2.24) is 20.4 Å². The van der Waals surface area contributed by atoms with Gasteiger partial charge in [-0.15, -0.1) is 0 Å². The number of carbonyl (C=O) groups excluding carboxylic acids is 1. The van der Waals surface area contributed by atoms with Gasteiger partial charge in [0.2, 0.25) is 5.91 Å². The lowest BCUT2D eigenvalue weighted by molar-refractivity contribution is -0.119. The average Bonchev–Trinajstić information content (AvgIpc) is 3.19. The molecule has 0 aromatic carbocycles. The van der Waals surface area contributed by atoms with Gasteiger partial charge in [-0.3, -0.25) is 9.48 Å². The quantitative estimate of drug-likeness (QED) is 0.749. The highest BCUT2D eigenvalue weighted by Gasteiger charge is 2.23. The van der Waals surface area contributed by atoms with Crippen molar-refractivity contribution >= 4 is 11.7 Å². The number of aryl methyl sites for hydroxylation is 2. The van der Waals surface area contributed by atoms with Gasteiger partial charge < -0.3 is 15.5 Å². The van der Waals surface area contributed by atoms with Crippen molar-refractivity contribution in [3.8, 4) is 0 Å². The summed E-state index contributed by atoms with van der Waals surface area (Å²) >= 11 is 0. The van der Waals surface area contributed by atoms with Gasteiger partial charge in [-0.1, -0.05) is 6.92 Å². The first-order chi connectivity index (χ1) is 10.0. The number of likely N-dealkylation sites (N-methyl/N-ethyl adjacent to an activating group) is 1. The summed E-state index contributed by atoms with van der Waals surface area (Å²) < 4.78 is 1.87. The first-order valence-corrected chi connectivity index (χ1v) is 7.76. The molecular formula is C15H27N5O. The Labute approximate surface area is 126 Å². The van der Waals surface area contributed by atoms with E-state index in [4.69, 9.17) is 0 Å². The van der Waals surface area contributed by atoms with Gasteiger partial charge in [-0.05, 0) is 26.2 Å². The van der Waals surface area contributed by atoms with Crippen LogP contribution in [0.5, 0.6) is 0 Å². The van der Waals surface area contributed by atoms with Crippen molar-refractivity contribution in [3.63, 3.8) is 0 Å². The fourth-order valence-electron chi connectivity index (χ4n) is 2.52. The molecule has 1 heterocycles. The Bertz CT molecular complexity index is 492. The monoisotopic (exact) mass is 293 g/mol. The van der Waals surface area contributed by atoms with Gasteiger partial charge in [0.15, 0.2) is 0 Å². The molecule has 2 rings (SSSR count). The van der Waals surface area contributed by atoms with E-state index in [9.17, 15) is 4.79 Å². The van der Waals surface area contributed by atoms with E-state index in [1.54, 1.807) is 0 Å². The zero-order valence-corrected chi connectivity index (χ0v) is 13.6. The Kier molecular flexibility index (Phi) is 5.22. The molecule has 0 spiro atoms. The van der Waals surface area contributed by atoms with Crippen LogP contribution in [0, 0.1) is 6.92 Å². The first-order valence-electron chi connectivity index (χ1n) is 7.76. The molecule has 0 saturated heterocycles. The number of anilines is 1. The summed E-state index contributed by atoms with van der Waals surface area (Å²) in [5.41, 5.74) is 2.22. The van der Waals surface area contributed by atoms with E-state index < -0.39 is 0 Å². The minimum Gasteiger partial charge on any atom is -0.355 e. The topological polar surface area (TPSA) is 62.2 Å².